The van der Waals surface area contributed by atoms with Crippen LogP contribution in [0.1, 0.15) is 174 Å². The van der Waals surface area contributed by atoms with Gasteiger partial charge in [0.15, 0.2) is 0 Å². The first-order valence-corrected chi connectivity index (χ1v) is 14.5. The van der Waals surface area contributed by atoms with Crippen molar-refractivity contribution in [2.24, 2.45) is 0 Å². The van der Waals surface area contributed by atoms with Gasteiger partial charge in [0.2, 0.25) is 0 Å². The van der Waals surface area contributed by atoms with Crippen molar-refractivity contribution in [1.29, 1.82) is 0 Å². The molecule has 0 rings (SSSR count). The standard InChI is InChI=1S/C29H58O2/c1-3-5-7-9-11-12-13-14-15-16-17-18-19-20-21-22-23-25-27-29(30)31-28-26-24-10-8-6-4-2/h3-28H2,1-2H3. The molecular weight excluding hydrogens is 380 g/mol. The first-order valence-electron chi connectivity index (χ1n) is 14.5. The molecule has 0 aromatic heterocycles. The fraction of sp³-hybridized carbons (Fsp3) is 0.966. The zero-order valence-corrected chi connectivity index (χ0v) is 21.7. The summed E-state index contributed by atoms with van der Waals surface area (Å²) in [6.07, 6.45) is 32.9. The lowest BCUT2D eigenvalue weighted by atomic mass is 10.0. The minimum Gasteiger partial charge on any atom is -0.466 e. The highest BCUT2D eigenvalue weighted by Crippen LogP contribution is 2.14. The monoisotopic (exact) mass is 438 g/mol. The van der Waals surface area contributed by atoms with Crippen LogP contribution in [0.2, 0.25) is 0 Å². The second-order valence-electron chi connectivity index (χ2n) is 9.75. The second kappa shape index (κ2) is 27.5. The van der Waals surface area contributed by atoms with Crippen LogP contribution in [-0.4, -0.2) is 12.6 Å². The number of rotatable bonds is 26. The molecule has 0 fully saturated rings. The molecule has 2 heteroatoms. The van der Waals surface area contributed by atoms with Crippen LogP contribution >= 0.6 is 0 Å². The first-order chi connectivity index (χ1) is 15.3. The quantitative estimate of drug-likeness (QED) is 0.0991. The van der Waals surface area contributed by atoms with E-state index < -0.39 is 0 Å². The molecule has 0 aromatic carbocycles. The minimum atomic E-state index is 0.0186. The third kappa shape index (κ3) is 27.4. The third-order valence-corrected chi connectivity index (χ3v) is 6.50. The van der Waals surface area contributed by atoms with Gasteiger partial charge in [-0.2, -0.15) is 0 Å². The predicted molar refractivity (Wildman–Crippen MR) is 138 cm³/mol. The van der Waals surface area contributed by atoms with Crippen molar-refractivity contribution in [2.45, 2.75) is 174 Å². The molecule has 0 aliphatic carbocycles. The Morgan fingerprint density at radius 2 is 0.710 bits per heavy atom. The maximum Gasteiger partial charge on any atom is 0.305 e. The number of hydrogen-bond donors (Lipinski definition) is 0. The summed E-state index contributed by atoms with van der Waals surface area (Å²) in [5.41, 5.74) is 0. The van der Waals surface area contributed by atoms with Gasteiger partial charge in [0.05, 0.1) is 6.61 Å². The minimum absolute atomic E-state index is 0.0186. The van der Waals surface area contributed by atoms with Crippen LogP contribution in [0.3, 0.4) is 0 Å². The Labute approximate surface area is 196 Å². The van der Waals surface area contributed by atoms with Gasteiger partial charge in [0.25, 0.3) is 0 Å². The van der Waals surface area contributed by atoms with Gasteiger partial charge >= 0.3 is 5.97 Å². The molecule has 0 aromatic rings. The van der Waals surface area contributed by atoms with E-state index in [4.69, 9.17) is 4.74 Å². The summed E-state index contributed by atoms with van der Waals surface area (Å²) < 4.78 is 5.34. The number of ether oxygens (including phenoxy) is 1. The highest BCUT2D eigenvalue weighted by atomic mass is 16.5. The van der Waals surface area contributed by atoms with Gasteiger partial charge in [-0.25, -0.2) is 0 Å². The number of esters is 1. The SMILES string of the molecule is CCCCCCCCCCCCCCCCCCCCC(=O)OCCCCCCCC. The summed E-state index contributed by atoms with van der Waals surface area (Å²) in [5, 5.41) is 0. The molecule has 2 nitrogen and oxygen atoms in total. The van der Waals surface area contributed by atoms with Crippen LogP contribution in [0.15, 0.2) is 0 Å². The van der Waals surface area contributed by atoms with Crippen molar-refractivity contribution < 1.29 is 9.53 Å². The topological polar surface area (TPSA) is 26.3 Å². The van der Waals surface area contributed by atoms with Gasteiger partial charge < -0.3 is 4.74 Å². The van der Waals surface area contributed by atoms with Crippen molar-refractivity contribution in [2.75, 3.05) is 6.61 Å². The zero-order chi connectivity index (χ0) is 22.7. The number of unbranched alkanes of at least 4 members (excludes halogenated alkanes) is 22. The molecule has 0 unspecified atom stereocenters. The van der Waals surface area contributed by atoms with Gasteiger partial charge in [-0.15, -0.1) is 0 Å². The van der Waals surface area contributed by atoms with Crippen LogP contribution in [-0.2, 0) is 9.53 Å². The van der Waals surface area contributed by atoms with Crippen LogP contribution < -0.4 is 0 Å². The molecule has 0 N–H and O–H groups in total. The molecule has 0 spiro atoms. The fourth-order valence-corrected chi connectivity index (χ4v) is 4.31. The Bertz CT molecular complexity index is 340. The lowest BCUT2D eigenvalue weighted by molar-refractivity contribution is -0.143. The molecule has 31 heavy (non-hydrogen) atoms. The summed E-state index contributed by atoms with van der Waals surface area (Å²) in [6, 6.07) is 0. The van der Waals surface area contributed by atoms with E-state index in [0.29, 0.717) is 13.0 Å². The molecule has 0 aliphatic rings. The summed E-state index contributed by atoms with van der Waals surface area (Å²) >= 11 is 0. The smallest absolute Gasteiger partial charge is 0.305 e. The van der Waals surface area contributed by atoms with Crippen LogP contribution in [0.4, 0.5) is 0 Å². The summed E-state index contributed by atoms with van der Waals surface area (Å²) in [5.74, 6) is 0.0186. The lowest BCUT2D eigenvalue weighted by Gasteiger charge is -2.05. The Kier molecular flexibility index (Phi) is 27.0. The highest BCUT2D eigenvalue weighted by Gasteiger charge is 2.02. The van der Waals surface area contributed by atoms with E-state index in [1.807, 2.05) is 0 Å². The van der Waals surface area contributed by atoms with Gasteiger partial charge in [-0.05, 0) is 12.8 Å². The van der Waals surface area contributed by atoms with Gasteiger partial charge in [0, 0.05) is 6.42 Å². The van der Waals surface area contributed by atoms with Crippen LogP contribution in [0, 0.1) is 0 Å². The molecular formula is C29H58O2. The third-order valence-electron chi connectivity index (χ3n) is 6.50. The van der Waals surface area contributed by atoms with E-state index in [9.17, 15) is 4.79 Å². The Hall–Kier alpha value is -0.530. The number of carbonyl (C=O) groups excluding carboxylic acids is 1. The van der Waals surface area contributed by atoms with E-state index in [-0.39, 0.29) is 5.97 Å². The Morgan fingerprint density at radius 1 is 0.419 bits per heavy atom. The summed E-state index contributed by atoms with van der Waals surface area (Å²) in [6.45, 7) is 5.16. The van der Waals surface area contributed by atoms with Crippen molar-refractivity contribution >= 4 is 5.97 Å². The normalized spacial score (nSPS) is 11.2. The molecule has 0 bridgehead atoms. The van der Waals surface area contributed by atoms with E-state index >= 15 is 0 Å². The zero-order valence-electron chi connectivity index (χ0n) is 21.7. The molecule has 0 amide bonds. The Balaban J connectivity index is 3.11. The molecule has 0 saturated carbocycles. The van der Waals surface area contributed by atoms with Crippen molar-refractivity contribution in [3.63, 3.8) is 0 Å². The van der Waals surface area contributed by atoms with E-state index in [1.54, 1.807) is 0 Å². The molecule has 0 radical (unpaired) electrons. The lowest BCUT2D eigenvalue weighted by Crippen LogP contribution is -2.05. The van der Waals surface area contributed by atoms with E-state index in [0.717, 1.165) is 12.8 Å². The summed E-state index contributed by atoms with van der Waals surface area (Å²) in [4.78, 5) is 11.7. The number of hydrogen-bond acceptors (Lipinski definition) is 2. The maximum absolute atomic E-state index is 11.7. The van der Waals surface area contributed by atoms with E-state index in [2.05, 4.69) is 13.8 Å². The van der Waals surface area contributed by atoms with Crippen molar-refractivity contribution in [3.8, 4) is 0 Å². The van der Waals surface area contributed by atoms with Gasteiger partial charge in [0.1, 0.15) is 0 Å². The maximum atomic E-state index is 11.7. The van der Waals surface area contributed by atoms with Gasteiger partial charge in [-0.1, -0.05) is 155 Å². The van der Waals surface area contributed by atoms with Gasteiger partial charge in [-0.3, -0.25) is 4.79 Å². The average molecular weight is 439 g/mol. The number of carbonyl (C=O) groups is 1. The Morgan fingerprint density at radius 3 is 1.06 bits per heavy atom. The van der Waals surface area contributed by atoms with Crippen LogP contribution in [0.25, 0.3) is 0 Å². The largest absolute Gasteiger partial charge is 0.466 e. The molecule has 0 heterocycles. The van der Waals surface area contributed by atoms with E-state index in [1.165, 1.54) is 141 Å². The molecule has 0 atom stereocenters. The predicted octanol–water partition coefficient (Wildman–Crippen LogP) is 10.3. The second-order valence-corrected chi connectivity index (χ2v) is 9.75. The molecule has 0 saturated heterocycles. The summed E-state index contributed by atoms with van der Waals surface area (Å²) in [7, 11) is 0. The van der Waals surface area contributed by atoms with Crippen molar-refractivity contribution in [1.82, 2.24) is 0 Å². The highest BCUT2D eigenvalue weighted by molar-refractivity contribution is 5.69. The first kappa shape index (κ1) is 30.5. The fourth-order valence-electron chi connectivity index (χ4n) is 4.31. The molecule has 0 aliphatic heterocycles. The average Bonchev–Trinajstić information content (AvgIpc) is 2.77. The van der Waals surface area contributed by atoms with Crippen molar-refractivity contribution in [3.05, 3.63) is 0 Å². The molecule has 186 valence electrons. The van der Waals surface area contributed by atoms with Crippen LogP contribution in [0.5, 0.6) is 0 Å².